The molecular weight excluding hydrogens is 214 g/mol. The van der Waals surface area contributed by atoms with E-state index in [1.54, 1.807) is 11.3 Å². The van der Waals surface area contributed by atoms with Crippen molar-refractivity contribution in [2.75, 3.05) is 18.1 Å². The van der Waals surface area contributed by atoms with E-state index >= 15 is 0 Å². The fourth-order valence-corrected chi connectivity index (χ4v) is 3.97. The molecule has 0 saturated carbocycles. The zero-order valence-electron chi connectivity index (χ0n) is 8.11. The second-order valence-electron chi connectivity index (χ2n) is 3.55. The highest BCUT2D eigenvalue weighted by Crippen LogP contribution is 2.33. The lowest BCUT2D eigenvalue weighted by Crippen LogP contribution is -2.07. The minimum atomic E-state index is 0.237. The summed E-state index contributed by atoms with van der Waals surface area (Å²) >= 11 is 3.82. The number of thiazole rings is 1. The van der Waals surface area contributed by atoms with E-state index in [0.717, 1.165) is 6.42 Å². The first-order chi connectivity index (χ1) is 6.90. The molecule has 78 valence electrons. The summed E-state index contributed by atoms with van der Waals surface area (Å²) in [4.78, 5) is 5.67. The maximum atomic E-state index is 8.81. The summed E-state index contributed by atoms with van der Waals surface area (Å²) in [6, 6.07) is 0. The van der Waals surface area contributed by atoms with Gasteiger partial charge in [-0.3, -0.25) is 0 Å². The Hall–Kier alpha value is -0.0600. The summed E-state index contributed by atoms with van der Waals surface area (Å²) in [5.41, 5.74) is 0. The molecule has 0 aliphatic carbocycles. The van der Waals surface area contributed by atoms with Crippen molar-refractivity contribution in [3.8, 4) is 0 Å². The molecule has 1 saturated heterocycles. The van der Waals surface area contributed by atoms with Gasteiger partial charge in [0, 0.05) is 35.8 Å². The average Bonchev–Trinajstić information content (AvgIpc) is 2.68. The number of aromatic nitrogens is 1. The van der Waals surface area contributed by atoms with Crippen molar-refractivity contribution in [2.45, 2.75) is 25.2 Å². The van der Waals surface area contributed by atoms with Gasteiger partial charge in [0.25, 0.3) is 0 Å². The van der Waals surface area contributed by atoms with E-state index in [-0.39, 0.29) is 6.61 Å². The maximum absolute atomic E-state index is 8.81. The molecule has 0 bridgehead atoms. The van der Waals surface area contributed by atoms with Crippen LogP contribution in [0.4, 0.5) is 0 Å². The molecule has 2 heterocycles. The summed E-state index contributed by atoms with van der Waals surface area (Å²) in [5.74, 6) is 3.21. The van der Waals surface area contributed by atoms with Gasteiger partial charge in [-0.25, -0.2) is 4.98 Å². The topological polar surface area (TPSA) is 33.1 Å². The van der Waals surface area contributed by atoms with Crippen LogP contribution < -0.4 is 0 Å². The molecule has 1 unspecified atom stereocenters. The third-order valence-corrected chi connectivity index (χ3v) is 4.87. The third-order valence-electron chi connectivity index (χ3n) is 2.44. The smallest absolute Gasteiger partial charge is 0.0966 e. The van der Waals surface area contributed by atoms with Gasteiger partial charge in [0.15, 0.2) is 0 Å². The Morgan fingerprint density at radius 2 is 2.50 bits per heavy atom. The number of hydrogen-bond acceptors (Lipinski definition) is 4. The Bertz CT molecular complexity index is 281. The van der Waals surface area contributed by atoms with Crippen molar-refractivity contribution >= 4 is 23.1 Å². The molecule has 0 amide bonds. The fraction of sp³-hybridized carbons (Fsp3) is 0.700. The van der Waals surface area contributed by atoms with Gasteiger partial charge in [0.05, 0.1) is 5.01 Å². The number of thioether (sulfide) groups is 1. The van der Waals surface area contributed by atoms with Crippen LogP contribution in [-0.2, 0) is 6.42 Å². The van der Waals surface area contributed by atoms with Gasteiger partial charge in [-0.2, -0.15) is 11.8 Å². The molecule has 1 aromatic heterocycles. The van der Waals surface area contributed by atoms with Gasteiger partial charge in [0.1, 0.15) is 0 Å². The van der Waals surface area contributed by atoms with E-state index in [2.05, 4.69) is 4.98 Å². The van der Waals surface area contributed by atoms with Crippen LogP contribution in [0.2, 0.25) is 0 Å². The molecule has 0 spiro atoms. The zero-order chi connectivity index (χ0) is 9.80. The molecule has 4 heteroatoms. The summed E-state index contributed by atoms with van der Waals surface area (Å²) in [7, 11) is 0. The molecule has 1 aliphatic heterocycles. The van der Waals surface area contributed by atoms with Crippen LogP contribution in [0.15, 0.2) is 6.20 Å². The molecule has 1 aliphatic rings. The summed E-state index contributed by atoms with van der Waals surface area (Å²) < 4.78 is 0. The zero-order valence-corrected chi connectivity index (χ0v) is 9.74. The molecule has 1 fully saturated rings. The number of nitrogens with zero attached hydrogens (tertiary/aromatic N) is 1. The molecule has 1 aromatic rings. The quantitative estimate of drug-likeness (QED) is 0.863. The Morgan fingerprint density at radius 3 is 3.21 bits per heavy atom. The molecule has 2 rings (SSSR count). The molecule has 0 aromatic carbocycles. The van der Waals surface area contributed by atoms with Gasteiger partial charge < -0.3 is 5.11 Å². The monoisotopic (exact) mass is 229 g/mol. The van der Waals surface area contributed by atoms with E-state index in [9.17, 15) is 0 Å². The normalized spacial score (nSPS) is 22.5. The van der Waals surface area contributed by atoms with Crippen LogP contribution in [0.25, 0.3) is 0 Å². The highest BCUT2D eigenvalue weighted by Gasteiger charge is 2.18. The van der Waals surface area contributed by atoms with E-state index in [1.165, 1.54) is 34.2 Å². The number of hydrogen-bond donors (Lipinski definition) is 1. The molecule has 1 atom stereocenters. The van der Waals surface area contributed by atoms with Crippen LogP contribution in [0.5, 0.6) is 0 Å². The minimum absolute atomic E-state index is 0.237. The molecular formula is C10H15NOS2. The Kier molecular flexibility index (Phi) is 3.84. The number of rotatable bonds is 3. The van der Waals surface area contributed by atoms with Crippen LogP contribution in [0, 0.1) is 0 Å². The fourth-order valence-electron chi connectivity index (χ4n) is 1.67. The molecule has 1 N–H and O–H groups in total. The van der Waals surface area contributed by atoms with Crippen molar-refractivity contribution in [3.05, 3.63) is 16.1 Å². The summed E-state index contributed by atoms with van der Waals surface area (Å²) in [6.45, 7) is 0.237. The predicted octanol–water partition coefficient (Wildman–Crippen LogP) is 2.29. The lowest BCUT2D eigenvalue weighted by molar-refractivity contribution is 0.300. The van der Waals surface area contributed by atoms with E-state index < -0.39 is 0 Å². The molecule has 0 radical (unpaired) electrons. The largest absolute Gasteiger partial charge is 0.396 e. The van der Waals surface area contributed by atoms with Crippen molar-refractivity contribution < 1.29 is 5.11 Å². The highest BCUT2D eigenvalue weighted by molar-refractivity contribution is 7.99. The second-order valence-corrected chi connectivity index (χ2v) is 5.85. The maximum Gasteiger partial charge on any atom is 0.0966 e. The number of aliphatic hydroxyl groups excluding tert-OH is 1. The van der Waals surface area contributed by atoms with Crippen LogP contribution >= 0.6 is 23.1 Å². The number of aliphatic hydroxyl groups is 1. The van der Waals surface area contributed by atoms with Crippen molar-refractivity contribution in [2.24, 2.45) is 0 Å². The van der Waals surface area contributed by atoms with Crippen LogP contribution in [0.1, 0.15) is 28.6 Å². The third kappa shape index (κ3) is 2.49. The Morgan fingerprint density at radius 1 is 1.57 bits per heavy atom. The first kappa shape index (κ1) is 10.5. The Labute approximate surface area is 92.8 Å². The van der Waals surface area contributed by atoms with E-state index in [4.69, 9.17) is 5.11 Å². The summed E-state index contributed by atoms with van der Waals surface area (Å²) in [6.07, 6.45) is 5.30. The lowest BCUT2D eigenvalue weighted by Gasteiger charge is -2.18. The molecule has 14 heavy (non-hydrogen) atoms. The first-order valence-electron chi connectivity index (χ1n) is 5.03. The SMILES string of the molecule is OCCc1cnc(C2CCCSC2)s1. The van der Waals surface area contributed by atoms with Gasteiger partial charge in [-0.1, -0.05) is 0 Å². The van der Waals surface area contributed by atoms with E-state index in [1.807, 2.05) is 18.0 Å². The van der Waals surface area contributed by atoms with Gasteiger partial charge in [-0.05, 0) is 18.6 Å². The lowest BCUT2D eigenvalue weighted by atomic mass is 10.1. The predicted molar refractivity (Wildman–Crippen MR) is 62.2 cm³/mol. The minimum Gasteiger partial charge on any atom is -0.396 e. The second kappa shape index (κ2) is 5.14. The standard InChI is InChI=1S/C10H15NOS2/c12-4-3-9-6-11-10(14-9)8-2-1-5-13-7-8/h6,8,12H,1-5,7H2. The molecule has 2 nitrogen and oxygen atoms in total. The van der Waals surface area contributed by atoms with Crippen LogP contribution in [0.3, 0.4) is 0 Å². The van der Waals surface area contributed by atoms with Crippen molar-refractivity contribution in [1.82, 2.24) is 4.98 Å². The van der Waals surface area contributed by atoms with Crippen molar-refractivity contribution in [1.29, 1.82) is 0 Å². The van der Waals surface area contributed by atoms with E-state index in [0.29, 0.717) is 5.92 Å². The first-order valence-corrected chi connectivity index (χ1v) is 7.00. The van der Waals surface area contributed by atoms with Gasteiger partial charge in [-0.15, -0.1) is 11.3 Å². The highest BCUT2D eigenvalue weighted by atomic mass is 32.2. The summed E-state index contributed by atoms with van der Waals surface area (Å²) in [5, 5.41) is 10.1. The van der Waals surface area contributed by atoms with Crippen molar-refractivity contribution in [3.63, 3.8) is 0 Å². The van der Waals surface area contributed by atoms with Gasteiger partial charge in [0.2, 0.25) is 0 Å². The van der Waals surface area contributed by atoms with Crippen LogP contribution in [-0.4, -0.2) is 28.2 Å². The Balaban J connectivity index is 2.00. The average molecular weight is 229 g/mol. The van der Waals surface area contributed by atoms with Gasteiger partial charge >= 0.3 is 0 Å².